The molecule has 1 amide bonds. The average Bonchev–Trinajstić information content (AvgIpc) is 2.74. The monoisotopic (exact) mass is 394 g/mol. The van der Waals surface area contributed by atoms with E-state index < -0.39 is 0 Å². The fourth-order valence-corrected chi connectivity index (χ4v) is 4.18. The van der Waals surface area contributed by atoms with Crippen molar-refractivity contribution in [3.63, 3.8) is 0 Å². The molecule has 3 rings (SSSR count). The van der Waals surface area contributed by atoms with Gasteiger partial charge >= 0.3 is 0 Å². The van der Waals surface area contributed by atoms with Crippen molar-refractivity contribution in [1.82, 2.24) is 4.90 Å². The van der Waals surface area contributed by atoms with Crippen molar-refractivity contribution in [1.29, 1.82) is 0 Å². The molecule has 1 aliphatic rings. The molecule has 1 N–H and O–H groups in total. The SMILES string of the molecule is C=CCSc1ccccc1NC(=O)CN1CCC(C(=O)c2ccccc2)CC1. The molecule has 2 aromatic carbocycles. The lowest BCUT2D eigenvalue weighted by atomic mass is 9.89. The highest BCUT2D eigenvalue weighted by molar-refractivity contribution is 7.99. The summed E-state index contributed by atoms with van der Waals surface area (Å²) < 4.78 is 0. The lowest BCUT2D eigenvalue weighted by Crippen LogP contribution is -2.40. The van der Waals surface area contributed by atoms with Crippen molar-refractivity contribution < 1.29 is 9.59 Å². The highest BCUT2D eigenvalue weighted by atomic mass is 32.2. The summed E-state index contributed by atoms with van der Waals surface area (Å²) in [4.78, 5) is 28.3. The van der Waals surface area contributed by atoms with Crippen LogP contribution < -0.4 is 5.32 Å². The lowest BCUT2D eigenvalue weighted by Gasteiger charge is -2.30. The van der Waals surface area contributed by atoms with E-state index in [9.17, 15) is 9.59 Å². The summed E-state index contributed by atoms with van der Waals surface area (Å²) in [5.41, 5.74) is 1.63. The van der Waals surface area contributed by atoms with Gasteiger partial charge in [-0.15, -0.1) is 18.3 Å². The number of thioether (sulfide) groups is 1. The Morgan fingerprint density at radius 3 is 2.46 bits per heavy atom. The van der Waals surface area contributed by atoms with Gasteiger partial charge in [0.25, 0.3) is 0 Å². The molecule has 2 aromatic rings. The molecular weight excluding hydrogens is 368 g/mol. The maximum atomic E-state index is 12.6. The second-order valence-corrected chi connectivity index (χ2v) is 7.99. The number of ketones is 1. The summed E-state index contributed by atoms with van der Waals surface area (Å²) in [6.07, 6.45) is 3.45. The van der Waals surface area contributed by atoms with Crippen LogP contribution in [0.15, 0.2) is 72.1 Å². The molecule has 0 aliphatic carbocycles. The fourth-order valence-electron chi connectivity index (χ4n) is 3.43. The molecule has 4 nitrogen and oxygen atoms in total. The van der Waals surface area contributed by atoms with E-state index in [-0.39, 0.29) is 17.6 Å². The Balaban J connectivity index is 1.49. The number of hydrogen-bond acceptors (Lipinski definition) is 4. The molecular formula is C23H26N2O2S. The van der Waals surface area contributed by atoms with Gasteiger partial charge in [0.2, 0.25) is 5.91 Å². The van der Waals surface area contributed by atoms with Gasteiger partial charge in [0.15, 0.2) is 5.78 Å². The Hall–Kier alpha value is -2.37. The van der Waals surface area contributed by atoms with E-state index in [1.165, 1.54) is 0 Å². The number of para-hydroxylation sites is 1. The molecule has 1 saturated heterocycles. The Kier molecular flexibility index (Phi) is 7.46. The van der Waals surface area contributed by atoms with Gasteiger partial charge in [-0.2, -0.15) is 0 Å². The maximum absolute atomic E-state index is 12.6. The van der Waals surface area contributed by atoms with E-state index >= 15 is 0 Å². The molecule has 1 heterocycles. The van der Waals surface area contributed by atoms with Gasteiger partial charge in [0.05, 0.1) is 12.2 Å². The predicted octanol–water partition coefficient (Wildman–Crippen LogP) is 4.50. The zero-order valence-corrected chi connectivity index (χ0v) is 16.8. The van der Waals surface area contributed by atoms with E-state index in [4.69, 9.17) is 0 Å². The van der Waals surface area contributed by atoms with Crippen LogP contribution >= 0.6 is 11.8 Å². The molecule has 146 valence electrons. The Bertz CT molecular complexity index is 814. The highest BCUT2D eigenvalue weighted by Crippen LogP contribution is 2.27. The van der Waals surface area contributed by atoms with Crippen LogP contribution in [0.1, 0.15) is 23.2 Å². The van der Waals surface area contributed by atoms with E-state index in [0.717, 1.165) is 47.8 Å². The first kappa shape index (κ1) is 20.4. The third kappa shape index (κ3) is 5.57. The van der Waals surface area contributed by atoms with Crippen LogP contribution in [0.3, 0.4) is 0 Å². The number of Topliss-reactive ketones (excluding diaryl/α,β-unsaturated/α-hetero) is 1. The van der Waals surface area contributed by atoms with E-state index in [0.29, 0.717) is 6.54 Å². The minimum Gasteiger partial charge on any atom is -0.324 e. The summed E-state index contributed by atoms with van der Waals surface area (Å²) in [6, 6.07) is 17.3. The first-order valence-electron chi connectivity index (χ1n) is 9.61. The summed E-state index contributed by atoms with van der Waals surface area (Å²) in [6.45, 7) is 5.63. The smallest absolute Gasteiger partial charge is 0.238 e. The molecule has 1 fully saturated rings. The zero-order valence-electron chi connectivity index (χ0n) is 16.0. The zero-order chi connectivity index (χ0) is 19.8. The second kappa shape index (κ2) is 10.2. The van der Waals surface area contributed by atoms with E-state index in [1.807, 2.05) is 60.7 Å². The van der Waals surface area contributed by atoms with Gasteiger partial charge in [-0.1, -0.05) is 48.5 Å². The minimum atomic E-state index is -0.0144. The molecule has 0 saturated carbocycles. The van der Waals surface area contributed by atoms with Gasteiger partial charge in [-0.05, 0) is 38.1 Å². The number of piperidine rings is 1. The van der Waals surface area contributed by atoms with Crippen molar-refractivity contribution in [2.45, 2.75) is 17.7 Å². The number of anilines is 1. The van der Waals surface area contributed by atoms with Gasteiger partial charge in [0, 0.05) is 22.1 Å². The van der Waals surface area contributed by atoms with Crippen molar-refractivity contribution in [2.75, 3.05) is 30.7 Å². The highest BCUT2D eigenvalue weighted by Gasteiger charge is 2.26. The third-order valence-electron chi connectivity index (χ3n) is 4.90. The van der Waals surface area contributed by atoms with Crippen LogP contribution in [0.2, 0.25) is 0 Å². The number of nitrogens with zero attached hydrogens (tertiary/aromatic N) is 1. The first-order valence-corrected chi connectivity index (χ1v) is 10.6. The largest absolute Gasteiger partial charge is 0.324 e. The third-order valence-corrected chi connectivity index (χ3v) is 5.97. The molecule has 1 aliphatic heterocycles. The summed E-state index contributed by atoms with van der Waals surface area (Å²) in [5.74, 6) is 1.06. The van der Waals surface area contributed by atoms with Crippen LogP contribution in [0.5, 0.6) is 0 Å². The van der Waals surface area contributed by atoms with Crippen molar-refractivity contribution in [2.24, 2.45) is 5.92 Å². The van der Waals surface area contributed by atoms with E-state index in [2.05, 4.69) is 16.8 Å². The number of carbonyl (C=O) groups excluding carboxylic acids is 2. The number of benzene rings is 2. The predicted molar refractivity (Wildman–Crippen MR) is 116 cm³/mol. The molecule has 0 bridgehead atoms. The minimum absolute atomic E-state index is 0.0144. The lowest BCUT2D eigenvalue weighted by molar-refractivity contribution is -0.117. The number of likely N-dealkylation sites (tertiary alicyclic amines) is 1. The molecule has 28 heavy (non-hydrogen) atoms. The molecule has 0 atom stereocenters. The van der Waals surface area contributed by atoms with Gasteiger partial charge in [-0.25, -0.2) is 0 Å². The first-order chi connectivity index (χ1) is 13.7. The Morgan fingerprint density at radius 1 is 1.07 bits per heavy atom. The number of carbonyl (C=O) groups is 2. The molecule has 0 radical (unpaired) electrons. The van der Waals surface area contributed by atoms with Gasteiger partial charge in [-0.3, -0.25) is 14.5 Å². The second-order valence-electron chi connectivity index (χ2n) is 6.92. The quantitative estimate of drug-likeness (QED) is 0.407. The Morgan fingerprint density at radius 2 is 1.75 bits per heavy atom. The summed E-state index contributed by atoms with van der Waals surface area (Å²) in [7, 11) is 0. The van der Waals surface area contributed by atoms with Crippen LogP contribution in [-0.4, -0.2) is 42.0 Å². The molecule has 0 spiro atoms. The van der Waals surface area contributed by atoms with Crippen molar-refractivity contribution in [3.05, 3.63) is 72.8 Å². The van der Waals surface area contributed by atoms with Crippen LogP contribution in [0.4, 0.5) is 5.69 Å². The van der Waals surface area contributed by atoms with Gasteiger partial charge < -0.3 is 5.32 Å². The average molecular weight is 395 g/mol. The van der Waals surface area contributed by atoms with Crippen LogP contribution in [0, 0.1) is 5.92 Å². The van der Waals surface area contributed by atoms with Crippen LogP contribution in [-0.2, 0) is 4.79 Å². The normalized spacial score (nSPS) is 15.1. The fraction of sp³-hybridized carbons (Fsp3) is 0.304. The standard InChI is InChI=1S/C23H26N2O2S/c1-2-16-28-21-11-7-6-10-20(21)24-22(26)17-25-14-12-19(13-15-25)23(27)18-8-4-3-5-9-18/h2-11,19H,1,12-17H2,(H,24,26). The summed E-state index contributed by atoms with van der Waals surface area (Å²) >= 11 is 1.65. The number of amides is 1. The van der Waals surface area contributed by atoms with Crippen LogP contribution in [0.25, 0.3) is 0 Å². The Labute approximate surface area is 171 Å². The number of hydrogen-bond donors (Lipinski definition) is 1. The van der Waals surface area contributed by atoms with Crippen molar-refractivity contribution in [3.8, 4) is 0 Å². The van der Waals surface area contributed by atoms with Crippen molar-refractivity contribution >= 4 is 29.1 Å². The number of nitrogens with one attached hydrogen (secondary N) is 1. The summed E-state index contributed by atoms with van der Waals surface area (Å²) in [5, 5.41) is 3.02. The van der Waals surface area contributed by atoms with Gasteiger partial charge in [0.1, 0.15) is 0 Å². The molecule has 0 aromatic heterocycles. The molecule has 5 heteroatoms. The number of rotatable bonds is 8. The maximum Gasteiger partial charge on any atom is 0.238 e. The molecule has 0 unspecified atom stereocenters. The van der Waals surface area contributed by atoms with E-state index in [1.54, 1.807) is 11.8 Å². The topological polar surface area (TPSA) is 49.4 Å².